The molecule has 23 heavy (non-hydrogen) atoms. The van der Waals surface area contributed by atoms with Crippen LogP contribution in [0, 0.1) is 5.92 Å². The van der Waals surface area contributed by atoms with Crippen molar-refractivity contribution in [1.82, 2.24) is 0 Å². The van der Waals surface area contributed by atoms with Gasteiger partial charge < -0.3 is 5.11 Å². The topological polar surface area (TPSA) is 37.3 Å². The summed E-state index contributed by atoms with van der Waals surface area (Å²) < 4.78 is 0. The van der Waals surface area contributed by atoms with Crippen LogP contribution in [0.15, 0.2) is 24.3 Å². The van der Waals surface area contributed by atoms with E-state index in [9.17, 15) is 4.79 Å². The van der Waals surface area contributed by atoms with Crippen LogP contribution in [0.1, 0.15) is 97.3 Å². The van der Waals surface area contributed by atoms with Crippen LogP contribution in [-0.4, -0.2) is 11.1 Å². The molecule has 0 aromatic carbocycles. The second-order valence-corrected chi connectivity index (χ2v) is 6.91. The van der Waals surface area contributed by atoms with E-state index in [0.29, 0.717) is 6.42 Å². The van der Waals surface area contributed by atoms with E-state index in [1.807, 2.05) is 0 Å². The molecule has 0 aliphatic rings. The fourth-order valence-electron chi connectivity index (χ4n) is 2.57. The molecule has 0 aromatic rings. The first kappa shape index (κ1) is 21.9. The van der Waals surface area contributed by atoms with E-state index in [1.54, 1.807) is 0 Å². The molecule has 0 atom stereocenters. The molecule has 0 aliphatic carbocycles. The van der Waals surface area contributed by atoms with Crippen molar-refractivity contribution in [3.63, 3.8) is 0 Å². The summed E-state index contributed by atoms with van der Waals surface area (Å²) in [6, 6.07) is 0. The van der Waals surface area contributed by atoms with E-state index in [0.717, 1.165) is 31.6 Å². The third-order valence-corrected chi connectivity index (χ3v) is 4.02. The number of hydrogen-bond acceptors (Lipinski definition) is 1. The number of hydrogen-bond donors (Lipinski definition) is 1. The molecule has 0 unspecified atom stereocenters. The van der Waals surface area contributed by atoms with E-state index in [-0.39, 0.29) is 0 Å². The third-order valence-electron chi connectivity index (χ3n) is 4.02. The first-order chi connectivity index (χ1) is 11.1. The van der Waals surface area contributed by atoms with Crippen LogP contribution in [0.2, 0.25) is 0 Å². The lowest BCUT2D eigenvalue weighted by molar-refractivity contribution is -0.137. The van der Waals surface area contributed by atoms with Crippen LogP contribution in [0.4, 0.5) is 0 Å². The zero-order valence-corrected chi connectivity index (χ0v) is 15.4. The second-order valence-electron chi connectivity index (χ2n) is 6.91. The molecule has 0 rings (SSSR count). The number of rotatable bonds is 16. The van der Waals surface area contributed by atoms with Gasteiger partial charge in [0.1, 0.15) is 0 Å². The van der Waals surface area contributed by atoms with E-state index >= 15 is 0 Å². The molecular formula is C21H38O2. The minimum Gasteiger partial charge on any atom is -0.481 e. The molecule has 0 fully saturated rings. The first-order valence-electron chi connectivity index (χ1n) is 9.64. The summed E-state index contributed by atoms with van der Waals surface area (Å²) in [5.41, 5.74) is 0. The van der Waals surface area contributed by atoms with Crippen LogP contribution in [0.3, 0.4) is 0 Å². The normalized spacial score (nSPS) is 12.0. The number of carboxylic acids is 1. The summed E-state index contributed by atoms with van der Waals surface area (Å²) in [5, 5.41) is 8.52. The van der Waals surface area contributed by atoms with Crippen LogP contribution < -0.4 is 0 Å². The lowest BCUT2D eigenvalue weighted by Gasteiger charge is -2.03. The van der Waals surface area contributed by atoms with Crippen molar-refractivity contribution in [3.8, 4) is 0 Å². The fraction of sp³-hybridized carbons (Fsp3) is 0.762. The van der Waals surface area contributed by atoms with E-state index in [4.69, 9.17) is 5.11 Å². The quantitative estimate of drug-likeness (QED) is 0.247. The van der Waals surface area contributed by atoms with Crippen molar-refractivity contribution < 1.29 is 9.90 Å². The molecule has 0 aromatic heterocycles. The highest BCUT2D eigenvalue weighted by atomic mass is 16.4. The molecule has 0 radical (unpaired) electrons. The maximum absolute atomic E-state index is 10.3. The molecular weight excluding hydrogens is 284 g/mol. The Morgan fingerprint density at radius 1 is 0.783 bits per heavy atom. The Morgan fingerprint density at radius 2 is 1.30 bits per heavy atom. The van der Waals surface area contributed by atoms with Crippen LogP contribution >= 0.6 is 0 Å². The number of unbranched alkanes of at least 4 members (excludes halogenated alkanes) is 8. The van der Waals surface area contributed by atoms with E-state index in [2.05, 4.69) is 38.2 Å². The van der Waals surface area contributed by atoms with Gasteiger partial charge in [0.15, 0.2) is 0 Å². The Kier molecular flexibility index (Phi) is 16.5. The molecule has 134 valence electrons. The first-order valence-corrected chi connectivity index (χ1v) is 9.64. The summed E-state index contributed by atoms with van der Waals surface area (Å²) in [7, 11) is 0. The average Bonchev–Trinajstić information content (AvgIpc) is 2.49. The molecule has 0 amide bonds. The maximum Gasteiger partial charge on any atom is 0.303 e. The van der Waals surface area contributed by atoms with Crippen molar-refractivity contribution >= 4 is 5.97 Å². The minimum absolute atomic E-state index is 0.297. The zero-order valence-electron chi connectivity index (χ0n) is 15.4. The molecule has 1 N–H and O–H groups in total. The largest absolute Gasteiger partial charge is 0.481 e. The summed E-state index contributed by atoms with van der Waals surface area (Å²) in [5.74, 6) is 0.173. The molecule has 0 heterocycles. The number of carbonyl (C=O) groups is 1. The van der Waals surface area contributed by atoms with Gasteiger partial charge >= 0.3 is 5.97 Å². The van der Waals surface area contributed by atoms with Crippen LogP contribution in [0.25, 0.3) is 0 Å². The molecule has 2 nitrogen and oxygen atoms in total. The standard InChI is InChI=1S/C21H38O2/c1-20(2)18-16-14-12-10-8-6-4-3-5-7-9-11-13-15-17-19-21(22)23/h3,5,9,11,20H,4,6-8,10,12-19H2,1-2H3,(H,22,23)/b5-3-,11-9-. The molecule has 0 saturated carbocycles. The molecule has 0 bridgehead atoms. The highest BCUT2D eigenvalue weighted by Gasteiger charge is 1.95. The van der Waals surface area contributed by atoms with Gasteiger partial charge in [-0.2, -0.15) is 0 Å². The van der Waals surface area contributed by atoms with E-state index in [1.165, 1.54) is 51.4 Å². The van der Waals surface area contributed by atoms with Gasteiger partial charge in [0.2, 0.25) is 0 Å². The number of carboxylic acid groups (broad SMARTS) is 1. The van der Waals surface area contributed by atoms with Gasteiger partial charge in [-0.25, -0.2) is 0 Å². The third kappa shape index (κ3) is 21.0. The van der Waals surface area contributed by atoms with E-state index < -0.39 is 5.97 Å². The Hall–Kier alpha value is -1.05. The number of aliphatic carboxylic acids is 1. The van der Waals surface area contributed by atoms with Crippen LogP contribution in [-0.2, 0) is 4.79 Å². The van der Waals surface area contributed by atoms with Crippen molar-refractivity contribution in [2.75, 3.05) is 0 Å². The second kappa shape index (κ2) is 17.3. The average molecular weight is 323 g/mol. The fourth-order valence-corrected chi connectivity index (χ4v) is 2.57. The van der Waals surface area contributed by atoms with Gasteiger partial charge in [-0.15, -0.1) is 0 Å². The maximum atomic E-state index is 10.3. The molecule has 2 heteroatoms. The Bertz CT molecular complexity index is 316. The van der Waals surface area contributed by atoms with Gasteiger partial charge in [0.05, 0.1) is 0 Å². The SMILES string of the molecule is CC(C)CCCCCCCC/C=C\C/C=C\CCCCC(=O)O. The van der Waals surface area contributed by atoms with Crippen molar-refractivity contribution in [3.05, 3.63) is 24.3 Å². The summed E-state index contributed by atoms with van der Waals surface area (Å²) in [6.07, 6.45) is 23.8. The Morgan fingerprint density at radius 3 is 1.87 bits per heavy atom. The predicted octanol–water partition coefficient (Wildman–Crippen LogP) is 6.91. The van der Waals surface area contributed by atoms with Gasteiger partial charge in [-0.05, 0) is 44.4 Å². The lowest BCUT2D eigenvalue weighted by atomic mass is 10.0. The van der Waals surface area contributed by atoms with Crippen molar-refractivity contribution in [2.45, 2.75) is 97.3 Å². The zero-order chi connectivity index (χ0) is 17.2. The molecule has 0 spiro atoms. The highest BCUT2D eigenvalue weighted by Crippen LogP contribution is 2.12. The minimum atomic E-state index is -0.688. The summed E-state index contributed by atoms with van der Waals surface area (Å²) in [4.78, 5) is 10.3. The van der Waals surface area contributed by atoms with Gasteiger partial charge in [0, 0.05) is 6.42 Å². The van der Waals surface area contributed by atoms with Gasteiger partial charge in [-0.3, -0.25) is 4.79 Å². The summed E-state index contributed by atoms with van der Waals surface area (Å²) >= 11 is 0. The van der Waals surface area contributed by atoms with Crippen LogP contribution in [0.5, 0.6) is 0 Å². The highest BCUT2D eigenvalue weighted by molar-refractivity contribution is 5.66. The summed E-state index contributed by atoms with van der Waals surface area (Å²) in [6.45, 7) is 4.61. The van der Waals surface area contributed by atoms with Gasteiger partial charge in [-0.1, -0.05) is 76.7 Å². The molecule has 0 saturated heterocycles. The monoisotopic (exact) mass is 322 g/mol. The predicted molar refractivity (Wildman–Crippen MR) is 101 cm³/mol. The number of allylic oxidation sites excluding steroid dienone is 4. The molecule has 0 aliphatic heterocycles. The van der Waals surface area contributed by atoms with Gasteiger partial charge in [0.25, 0.3) is 0 Å². The van der Waals surface area contributed by atoms with Crippen molar-refractivity contribution in [1.29, 1.82) is 0 Å². The Balaban J connectivity index is 3.20. The lowest BCUT2D eigenvalue weighted by Crippen LogP contribution is -1.92. The van der Waals surface area contributed by atoms with Crippen molar-refractivity contribution in [2.24, 2.45) is 5.92 Å². The smallest absolute Gasteiger partial charge is 0.303 e. The Labute approximate surface area is 144 Å².